The minimum atomic E-state index is 0.317. The smallest absolute Gasteiger partial charge is 0.0549 e. The van der Waals surface area contributed by atoms with Gasteiger partial charge in [0.05, 0.1) is 6.10 Å². The van der Waals surface area contributed by atoms with Crippen molar-refractivity contribution < 1.29 is 4.74 Å². The summed E-state index contributed by atoms with van der Waals surface area (Å²) in [6, 6.07) is 9.71. The van der Waals surface area contributed by atoms with Gasteiger partial charge in [-0.15, -0.1) is 0 Å². The van der Waals surface area contributed by atoms with E-state index >= 15 is 0 Å². The molecule has 1 aliphatic rings. The summed E-state index contributed by atoms with van der Waals surface area (Å²) in [7, 11) is 1.80. The predicted molar refractivity (Wildman–Crippen MR) is 76.0 cm³/mol. The molecule has 2 rings (SSSR count). The van der Waals surface area contributed by atoms with E-state index in [1.165, 1.54) is 24.0 Å². The van der Waals surface area contributed by atoms with Gasteiger partial charge in [0, 0.05) is 19.7 Å². The van der Waals surface area contributed by atoms with Gasteiger partial charge >= 0.3 is 0 Å². The quantitative estimate of drug-likeness (QED) is 0.798. The van der Waals surface area contributed by atoms with E-state index in [4.69, 9.17) is 4.74 Å². The number of methoxy groups -OCH3 is 1. The van der Waals surface area contributed by atoms with Gasteiger partial charge in [-0.1, -0.05) is 29.8 Å². The maximum absolute atomic E-state index is 5.42. The van der Waals surface area contributed by atoms with Gasteiger partial charge in [-0.25, -0.2) is 0 Å². The Morgan fingerprint density at radius 1 is 1.28 bits per heavy atom. The maximum atomic E-state index is 5.42. The van der Waals surface area contributed by atoms with Crippen LogP contribution in [0.4, 0.5) is 0 Å². The van der Waals surface area contributed by atoms with Crippen molar-refractivity contribution in [3.8, 4) is 0 Å². The molecule has 0 spiro atoms. The molecule has 18 heavy (non-hydrogen) atoms. The second kappa shape index (κ2) is 6.35. The molecule has 1 fully saturated rings. The molecule has 2 unspecified atom stereocenters. The molecular weight excluding hydrogens is 222 g/mol. The van der Waals surface area contributed by atoms with Crippen molar-refractivity contribution in [2.24, 2.45) is 0 Å². The van der Waals surface area contributed by atoms with Crippen molar-refractivity contribution in [1.82, 2.24) is 5.32 Å². The fraction of sp³-hybridized carbons (Fsp3) is 0.625. The van der Waals surface area contributed by atoms with E-state index in [9.17, 15) is 0 Å². The molecule has 2 heteroatoms. The number of hydrogen-bond acceptors (Lipinski definition) is 2. The van der Waals surface area contributed by atoms with E-state index in [-0.39, 0.29) is 0 Å². The van der Waals surface area contributed by atoms with Gasteiger partial charge in [0.2, 0.25) is 0 Å². The highest BCUT2D eigenvalue weighted by Crippen LogP contribution is 2.25. The molecule has 100 valence electrons. The molecule has 1 aliphatic carbocycles. The monoisotopic (exact) mass is 247 g/mol. The molecule has 0 amide bonds. The van der Waals surface area contributed by atoms with Crippen LogP contribution in [0.2, 0.25) is 0 Å². The van der Waals surface area contributed by atoms with Crippen LogP contribution in [-0.4, -0.2) is 25.8 Å². The van der Waals surface area contributed by atoms with Gasteiger partial charge in [0.25, 0.3) is 0 Å². The number of hydrogen-bond donors (Lipinski definition) is 1. The summed E-state index contributed by atoms with van der Waals surface area (Å²) in [5.74, 6) is 0.557. The van der Waals surface area contributed by atoms with Crippen molar-refractivity contribution in [1.29, 1.82) is 0 Å². The third-order valence-corrected chi connectivity index (χ3v) is 3.80. The van der Waals surface area contributed by atoms with Crippen LogP contribution in [0.1, 0.15) is 43.2 Å². The van der Waals surface area contributed by atoms with E-state index < -0.39 is 0 Å². The second-order valence-corrected chi connectivity index (χ2v) is 5.57. The van der Waals surface area contributed by atoms with Gasteiger partial charge in [0.15, 0.2) is 0 Å². The highest BCUT2D eigenvalue weighted by Gasteiger charge is 2.23. The lowest BCUT2D eigenvalue weighted by Crippen LogP contribution is -2.26. The zero-order valence-electron chi connectivity index (χ0n) is 11.8. The zero-order valence-corrected chi connectivity index (χ0v) is 11.8. The SMILES string of the molecule is COC(C)CC(CNC1CC1)c1ccc(C)cc1. The molecule has 1 saturated carbocycles. The van der Waals surface area contributed by atoms with Gasteiger partial charge in [0.1, 0.15) is 0 Å². The fourth-order valence-electron chi connectivity index (χ4n) is 2.27. The average molecular weight is 247 g/mol. The predicted octanol–water partition coefficient (Wildman–Crippen LogP) is 3.26. The highest BCUT2D eigenvalue weighted by molar-refractivity contribution is 5.25. The lowest BCUT2D eigenvalue weighted by Gasteiger charge is -2.21. The molecule has 0 bridgehead atoms. The zero-order chi connectivity index (χ0) is 13.0. The summed E-state index contributed by atoms with van der Waals surface area (Å²) < 4.78 is 5.42. The molecule has 0 aromatic heterocycles. The van der Waals surface area contributed by atoms with Crippen LogP contribution in [0.25, 0.3) is 0 Å². The molecular formula is C16H25NO. The summed E-state index contributed by atoms with van der Waals surface area (Å²) in [6.07, 6.45) is 4.09. The molecule has 2 nitrogen and oxygen atoms in total. The Kier molecular flexibility index (Phi) is 4.79. The van der Waals surface area contributed by atoms with E-state index in [2.05, 4.69) is 43.4 Å². The largest absolute Gasteiger partial charge is 0.382 e. The molecule has 2 atom stereocenters. The van der Waals surface area contributed by atoms with Gasteiger partial charge in [-0.2, -0.15) is 0 Å². The van der Waals surface area contributed by atoms with E-state index in [1.54, 1.807) is 7.11 Å². The summed E-state index contributed by atoms with van der Waals surface area (Å²) >= 11 is 0. The fourth-order valence-corrected chi connectivity index (χ4v) is 2.27. The second-order valence-electron chi connectivity index (χ2n) is 5.57. The molecule has 0 radical (unpaired) electrons. The Hall–Kier alpha value is -0.860. The standard InChI is InChI=1S/C16H25NO/c1-12-4-6-14(7-5-12)15(10-13(2)18-3)11-17-16-8-9-16/h4-7,13,15-17H,8-11H2,1-3H3. The number of ether oxygens (including phenoxy) is 1. The highest BCUT2D eigenvalue weighted by atomic mass is 16.5. The first-order valence-electron chi connectivity index (χ1n) is 7.01. The van der Waals surface area contributed by atoms with Crippen LogP contribution >= 0.6 is 0 Å². The minimum Gasteiger partial charge on any atom is -0.382 e. The van der Waals surface area contributed by atoms with Crippen molar-refractivity contribution in [3.63, 3.8) is 0 Å². The minimum absolute atomic E-state index is 0.317. The Morgan fingerprint density at radius 3 is 2.50 bits per heavy atom. The molecule has 1 aromatic carbocycles. The molecule has 0 aliphatic heterocycles. The normalized spacial score (nSPS) is 18.6. The van der Waals surface area contributed by atoms with Gasteiger partial charge in [-0.3, -0.25) is 0 Å². The van der Waals surface area contributed by atoms with Crippen LogP contribution in [-0.2, 0) is 4.74 Å². The van der Waals surface area contributed by atoms with Crippen molar-refractivity contribution >= 4 is 0 Å². The Balaban J connectivity index is 1.99. The molecule has 1 N–H and O–H groups in total. The van der Waals surface area contributed by atoms with E-state index in [0.717, 1.165) is 19.0 Å². The van der Waals surface area contributed by atoms with Crippen LogP contribution in [0, 0.1) is 6.92 Å². The summed E-state index contributed by atoms with van der Waals surface area (Å²) in [5.41, 5.74) is 2.75. The topological polar surface area (TPSA) is 21.3 Å². The van der Waals surface area contributed by atoms with Crippen molar-refractivity contribution in [2.75, 3.05) is 13.7 Å². The van der Waals surface area contributed by atoms with Gasteiger partial charge < -0.3 is 10.1 Å². The third kappa shape index (κ3) is 4.11. The lowest BCUT2D eigenvalue weighted by atomic mass is 9.92. The third-order valence-electron chi connectivity index (χ3n) is 3.80. The van der Waals surface area contributed by atoms with Crippen LogP contribution in [0.3, 0.4) is 0 Å². The van der Waals surface area contributed by atoms with Crippen molar-refractivity contribution in [3.05, 3.63) is 35.4 Å². The maximum Gasteiger partial charge on any atom is 0.0549 e. The Labute approximate surface area is 111 Å². The number of aryl methyl sites for hydroxylation is 1. The number of benzene rings is 1. The Bertz CT molecular complexity index is 356. The van der Waals surface area contributed by atoms with Crippen LogP contribution < -0.4 is 5.32 Å². The summed E-state index contributed by atoms with van der Waals surface area (Å²) in [5, 5.41) is 3.64. The average Bonchev–Trinajstić information content (AvgIpc) is 3.19. The van der Waals surface area contributed by atoms with Crippen molar-refractivity contribution in [2.45, 2.75) is 51.2 Å². The molecule has 0 saturated heterocycles. The summed E-state index contributed by atoms with van der Waals surface area (Å²) in [6.45, 7) is 5.36. The first-order valence-corrected chi connectivity index (χ1v) is 7.01. The van der Waals surface area contributed by atoms with Crippen LogP contribution in [0.15, 0.2) is 24.3 Å². The molecule has 0 heterocycles. The first kappa shape index (κ1) is 13.6. The van der Waals surface area contributed by atoms with E-state index in [1.807, 2.05) is 0 Å². The van der Waals surface area contributed by atoms with Crippen LogP contribution in [0.5, 0.6) is 0 Å². The number of rotatable bonds is 7. The van der Waals surface area contributed by atoms with Gasteiger partial charge in [-0.05, 0) is 44.6 Å². The molecule has 1 aromatic rings. The first-order chi connectivity index (χ1) is 8.69. The van der Waals surface area contributed by atoms with E-state index in [0.29, 0.717) is 12.0 Å². The Morgan fingerprint density at radius 2 is 1.94 bits per heavy atom. The summed E-state index contributed by atoms with van der Waals surface area (Å²) in [4.78, 5) is 0. The lowest BCUT2D eigenvalue weighted by molar-refractivity contribution is 0.104. The number of nitrogens with one attached hydrogen (secondary N) is 1.